The van der Waals surface area contributed by atoms with Crippen LogP contribution in [-0.2, 0) is 16.0 Å². The number of carbonyl (C=O) groups excluding carboxylic acids is 2. The number of H-pyrrole nitrogens is 1. The number of fused-ring (bicyclic) bond motifs is 4. The van der Waals surface area contributed by atoms with Crippen molar-refractivity contribution in [3.63, 3.8) is 0 Å². The number of piperazine rings is 1. The van der Waals surface area contributed by atoms with Crippen molar-refractivity contribution in [2.75, 3.05) is 18.3 Å². The molecular formula is C24H25N4O4-. The van der Waals surface area contributed by atoms with E-state index in [1.165, 1.54) is 12.1 Å². The molecule has 2 aromatic carbocycles. The minimum Gasteiger partial charge on any atom is -0.733 e. The molecule has 2 amide bonds. The largest absolute Gasteiger partial charge is 0.733 e. The predicted molar refractivity (Wildman–Crippen MR) is 120 cm³/mol. The Balaban J connectivity index is 1.65. The number of aromatic nitrogens is 1. The molecule has 0 aliphatic carbocycles. The second-order valence-corrected chi connectivity index (χ2v) is 8.96. The average molecular weight is 433 g/mol. The van der Waals surface area contributed by atoms with Gasteiger partial charge in [-0.3, -0.25) is 14.8 Å². The first-order chi connectivity index (χ1) is 15.3. The van der Waals surface area contributed by atoms with Crippen molar-refractivity contribution < 1.29 is 14.8 Å². The first-order valence-corrected chi connectivity index (χ1v) is 10.8. The third-order valence-electron chi connectivity index (χ3n) is 6.36. The Kier molecular flexibility index (Phi) is 4.91. The van der Waals surface area contributed by atoms with E-state index >= 15 is 0 Å². The summed E-state index contributed by atoms with van der Waals surface area (Å²) in [7, 11) is 0. The lowest BCUT2D eigenvalue weighted by atomic mass is 9.86. The quantitative estimate of drug-likeness (QED) is 0.615. The number of hydrogen-bond acceptors (Lipinski definition) is 5. The SMILES string of the molecule is CC(C)CN1CC(=O)N2C(Cc3c([nH]c4ccccc34)C2c2ccc(N([O-])O)cc2)C1=O. The lowest BCUT2D eigenvalue weighted by Gasteiger charge is -2.47. The van der Waals surface area contributed by atoms with Crippen molar-refractivity contribution >= 4 is 28.4 Å². The number of anilines is 1. The zero-order chi connectivity index (χ0) is 22.6. The number of carbonyl (C=O) groups is 2. The normalized spacial score (nSPS) is 20.7. The molecule has 1 aromatic heterocycles. The molecule has 1 saturated heterocycles. The summed E-state index contributed by atoms with van der Waals surface area (Å²) in [6, 6.07) is 13.3. The Morgan fingerprint density at radius 2 is 1.88 bits per heavy atom. The summed E-state index contributed by atoms with van der Waals surface area (Å²) in [5.74, 6) is 0.139. The van der Waals surface area contributed by atoms with E-state index in [1.54, 1.807) is 21.9 Å². The predicted octanol–water partition coefficient (Wildman–Crippen LogP) is 3.20. The lowest BCUT2D eigenvalue weighted by Crippen LogP contribution is -2.63. The summed E-state index contributed by atoms with van der Waals surface area (Å²) < 4.78 is 0. The van der Waals surface area contributed by atoms with Crippen LogP contribution in [0.4, 0.5) is 5.69 Å². The molecule has 3 heterocycles. The molecule has 1 fully saturated rings. The highest BCUT2D eigenvalue weighted by Crippen LogP contribution is 2.42. The molecular weight excluding hydrogens is 408 g/mol. The summed E-state index contributed by atoms with van der Waals surface area (Å²) >= 11 is 0. The molecule has 8 heteroatoms. The van der Waals surface area contributed by atoms with Crippen LogP contribution in [0.25, 0.3) is 10.9 Å². The molecule has 2 aliphatic heterocycles. The van der Waals surface area contributed by atoms with Gasteiger partial charge < -0.3 is 25.2 Å². The van der Waals surface area contributed by atoms with E-state index in [2.05, 4.69) is 4.98 Å². The smallest absolute Gasteiger partial charge is 0.246 e. The average Bonchev–Trinajstić information content (AvgIpc) is 3.14. The van der Waals surface area contributed by atoms with E-state index in [4.69, 9.17) is 0 Å². The lowest BCUT2D eigenvalue weighted by molar-refractivity contribution is -0.159. The third-order valence-corrected chi connectivity index (χ3v) is 6.36. The van der Waals surface area contributed by atoms with Crippen LogP contribution in [-0.4, -0.2) is 50.9 Å². The van der Waals surface area contributed by atoms with Crippen LogP contribution in [0.2, 0.25) is 0 Å². The highest BCUT2D eigenvalue weighted by atomic mass is 16.8. The second kappa shape index (κ2) is 7.65. The van der Waals surface area contributed by atoms with Gasteiger partial charge in [0.1, 0.15) is 6.04 Å². The summed E-state index contributed by atoms with van der Waals surface area (Å²) in [5, 5.41) is 21.3. The number of hydrogen-bond donors (Lipinski definition) is 2. The van der Waals surface area contributed by atoms with Crippen LogP contribution in [0, 0.1) is 11.1 Å². The van der Waals surface area contributed by atoms with Gasteiger partial charge in [-0.25, -0.2) is 0 Å². The van der Waals surface area contributed by atoms with Gasteiger partial charge in [0, 0.05) is 29.6 Å². The van der Waals surface area contributed by atoms with Crippen LogP contribution in [0.1, 0.15) is 36.7 Å². The maximum Gasteiger partial charge on any atom is 0.246 e. The van der Waals surface area contributed by atoms with Gasteiger partial charge >= 0.3 is 0 Å². The number of amides is 2. The maximum absolute atomic E-state index is 13.5. The fraction of sp³-hybridized carbons (Fsp3) is 0.333. The fourth-order valence-corrected chi connectivity index (χ4v) is 5.05. The van der Waals surface area contributed by atoms with Gasteiger partial charge in [-0.15, -0.1) is 0 Å². The molecule has 32 heavy (non-hydrogen) atoms. The maximum atomic E-state index is 13.5. The molecule has 5 rings (SSSR count). The minimum atomic E-state index is -0.583. The highest BCUT2D eigenvalue weighted by molar-refractivity contribution is 5.97. The van der Waals surface area contributed by atoms with Gasteiger partial charge in [-0.05, 0) is 35.2 Å². The van der Waals surface area contributed by atoms with Crippen LogP contribution < -0.4 is 5.23 Å². The van der Waals surface area contributed by atoms with Gasteiger partial charge in [-0.2, -0.15) is 0 Å². The van der Waals surface area contributed by atoms with Gasteiger partial charge in [-0.1, -0.05) is 44.2 Å². The van der Waals surface area contributed by atoms with Crippen molar-refractivity contribution in [1.82, 2.24) is 14.8 Å². The molecule has 8 nitrogen and oxygen atoms in total. The summed E-state index contributed by atoms with van der Waals surface area (Å²) in [6.07, 6.45) is 0.456. The van der Waals surface area contributed by atoms with E-state index in [0.717, 1.165) is 27.7 Å². The molecule has 0 saturated carbocycles. The number of para-hydroxylation sites is 1. The van der Waals surface area contributed by atoms with Crippen molar-refractivity contribution in [2.45, 2.75) is 32.4 Å². The van der Waals surface area contributed by atoms with Crippen LogP contribution in [0.15, 0.2) is 48.5 Å². The molecule has 166 valence electrons. The first-order valence-electron chi connectivity index (χ1n) is 10.8. The Morgan fingerprint density at radius 1 is 1.16 bits per heavy atom. The van der Waals surface area contributed by atoms with E-state index in [9.17, 15) is 20.0 Å². The number of aromatic amines is 1. The molecule has 3 aromatic rings. The minimum absolute atomic E-state index is 0.0306. The zero-order valence-electron chi connectivity index (χ0n) is 18.0. The Hall–Kier alpha value is -3.36. The summed E-state index contributed by atoms with van der Waals surface area (Å²) in [5.41, 5.74) is 3.75. The van der Waals surface area contributed by atoms with E-state index in [-0.39, 0.29) is 35.2 Å². The molecule has 0 bridgehead atoms. The molecule has 2 N–H and O–H groups in total. The van der Waals surface area contributed by atoms with E-state index in [1.807, 2.05) is 38.1 Å². The summed E-state index contributed by atoms with van der Waals surface area (Å²) in [4.78, 5) is 33.7. The molecule has 0 radical (unpaired) electrons. The highest BCUT2D eigenvalue weighted by Gasteiger charge is 2.48. The Bertz CT molecular complexity index is 1180. The monoisotopic (exact) mass is 433 g/mol. The number of rotatable bonds is 4. The standard InChI is InChI=1S/C24H25N4O4/c1-14(2)12-26-13-21(29)27-20(24(26)30)11-18-17-5-3-4-6-19(17)25-22(18)23(27)15-7-9-16(10-8-15)28(31)32/h3-10,14,20,23,25,31H,11-13H2,1-2H3/q-1. The van der Waals surface area contributed by atoms with Crippen molar-refractivity contribution in [3.05, 3.63) is 70.6 Å². The van der Waals surface area contributed by atoms with Crippen molar-refractivity contribution in [1.29, 1.82) is 0 Å². The molecule has 2 atom stereocenters. The van der Waals surface area contributed by atoms with Crippen molar-refractivity contribution in [2.24, 2.45) is 5.92 Å². The third kappa shape index (κ3) is 3.23. The first kappa shape index (κ1) is 20.5. The van der Waals surface area contributed by atoms with E-state index in [0.29, 0.717) is 13.0 Å². The summed E-state index contributed by atoms with van der Waals surface area (Å²) in [6.45, 7) is 4.68. The van der Waals surface area contributed by atoms with Gasteiger partial charge in [0.25, 0.3) is 0 Å². The van der Waals surface area contributed by atoms with E-state index < -0.39 is 12.1 Å². The number of benzene rings is 2. The topological polar surface area (TPSA) is 103 Å². The molecule has 2 aliphatic rings. The number of nitrogens with one attached hydrogen (secondary N) is 1. The van der Waals surface area contributed by atoms with Gasteiger partial charge in [0.05, 0.1) is 18.3 Å². The van der Waals surface area contributed by atoms with Crippen LogP contribution >= 0.6 is 0 Å². The Morgan fingerprint density at radius 3 is 2.56 bits per heavy atom. The molecule has 0 spiro atoms. The van der Waals surface area contributed by atoms with Gasteiger partial charge in [0.15, 0.2) is 0 Å². The zero-order valence-corrected chi connectivity index (χ0v) is 18.0. The van der Waals surface area contributed by atoms with Crippen LogP contribution in [0.5, 0.6) is 0 Å². The molecule has 2 unspecified atom stereocenters. The number of nitrogens with zero attached hydrogens (tertiary/aromatic N) is 3. The van der Waals surface area contributed by atoms with Crippen molar-refractivity contribution in [3.8, 4) is 0 Å². The Labute approximate surface area is 185 Å². The fourth-order valence-electron chi connectivity index (χ4n) is 5.05. The van der Waals surface area contributed by atoms with Crippen LogP contribution in [0.3, 0.4) is 0 Å². The van der Waals surface area contributed by atoms with Gasteiger partial charge in [0.2, 0.25) is 11.8 Å². The second-order valence-electron chi connectivity index (χ2n) is 8.96.